The van der Waals surface area contributed by atoms with Crippen molar-refractivity contribution in [3.05, 3.63) is 0 Å². The molecule has 0 aromatic carbocycles. The molecular weight excluding hydrogens is 346 g/mol. The summed E-state index contributed by atoms with van der Waals surface area (Å²) >= 11 is 0. The van der Waals surface area contributed by atoms with Crippen molar-refractivity contribution in [2.24, 2.45) is 29.4 Å². The first-order valence-electron chi connectivity index (χ1n) is 10.3. The minimum absolute atomic E-state index is 0.0709. The number of hydrogen-bond acceptors (Lipinski definition) is 4. The topological polar surface area (TPSA) is 118 Å². The maximum Gasteiger partial charge on any atom is 0.224 e. The maximum absolute atomic E-state index is 13.0. The molecular formula is C20H33N3O4. The highest BCUT2D eigenvalue weighted by Crippen LogP contribution is 2.33. The SMILES string of the molecule is CCC(C(N)=O)[C@H](CC1CCCCC1)C(=O)N[C@H](C=O)C[C@@H]1CCNC1=O. The van der Waals surface area contributed by atoms with Gasteiger partial charge < -0.3 is 21.2 Å². The third-order valence-corrected chi connectivity index (χ3v) is 6.13. The van der Waals surface area contributed by atoms with Gasteiger partial charge >= 0.3 is 0 Å². The summed E-state index contributed by atoms with van der Waals surface area (Å²) in [6.07, 6.45) is 8.44. The molecule has 2 fully saturated rings. The Morgan fingerprint density at radius 2 is 1.89 bits per heavy atom. The minimum Gasteiger partial charge on any atom is -0.369 e. The number of carbonyl (C=O) groups excluding carboxylic acids is 4. The molecule has 1 aliphatic carbocycles. The van der Waals surface area contributed by atoms with Gasteiger partial charge in [-0.1, -0.05) is 39.0 Å². The highest BCUT2D eigenvalue weighted by atomic mass is 16.2. The molecule has 1 saturated carbocycles. The van der Waals surface area contributed by atoms with E-state index >= 15 is 0 Å². The van der Waals surface area contributed by atoms with E-state index in [1.807, 2.05) is 6.92 Å². The number of nitrogens with two attached hydrogens (primary N) is 1. The van der Waals surface area contributed by atoms with Crippen LogP contribution in [-0.4, -0.2) is 36.6 Å². The van der Waals surface area contributed by atoms with Gasteiger partial charge in [0.2, 0.25) is 17.7 Å². The molecule has 7 heteroatoms. The second-order valence-electron chi connectivity index (χ2n) is 8.03. The molecule has 3 amide bonds. The summed E-state index contributed by atoms with van der Waals surface area (Å²) in [5.41, 5.74) is 5.56. The Labute approximate surface area is 161 Å². The number of amides is 3. The van der Waals surface area contributed by atoms with Crippen molar-refractivity contribution >= 4 is 24.0 Å². The zero-order valence-electron chi connectivity index (χ0n) is 16.2. The highest BCUT2D eigenvalue weighted by molar-refractivity contribution is 5.88. The smallest absolute Gasteiger partial charge is 0.224 e. The molecule has 0 bridgehead atoms. The van der Waals surface area contributed by atoms with E-state index in [1.54, 1.807) is 0 Å². The van der Waals surface area contributed by atoms with Gasteiger partial charge in [-0.3, -0.25) is 14.4 Å². The average molecular weight is 380 g/mol. The molecule has 0 aromatic heterocycles. The third-order valence-electron chi connectivity index (χ3n) is 6.13. The lowest BCUT2D eigenvalue weighted by molar-refractivity contribution is -0.135. The predicted molar refractivity (Wildman–Crippen MR) is 101 cm³/mol. The Morgan fingerprint density at radius 3 is 2.41 bits per heavy atom. The van der Waals surface area contributed by atoms with Crippen LogP contribution in [0.1, 0.15) is 64.7 Å². The summed E-state index contributed by atoms with van der Waals surface area (Å²) in [4.78, 5) is 48.1. The Bertz CT molecular complexity index is 545. The van der Waals surface area contributed by atoms with Crippen molar-refractivity contribution in [1.82, 2.24) is 10.6 Å². The molecule has 2 aliphatic rings. The van der Waals surface area contributed by atoms with Crippen molar-refractivity contribution in [3.8, 4) is 0 Å². The van der Waals surface area contributed by atoms with Gasteiger partial charge in [0.15, 0.2) is 0 Å². The van der Waals surface area contributed by atoms with Gasteiger partial charge in [0.25, 0.3) is 0 Å². The summed E-state index contributed by atoms with van der Waals surface area (Å²) in [6, 6.07) is -0.717. The van der Waals surface area contributed by atoms with Crippen molar-refractivity contribution < 1.29 is 19.2 Å². The van der Waals surface area contributed by atoms with Crippen LogP contribution >= 0.6 is 0 Å². The monoisotopic (exact) mass is 379 g/mol. The first-order valence-corrected chi connectivity index (χ1v) is 10.3. The molecule has 1 unspecified atom stereocenters. The first kappa shape index (κ1) is 21.4. The molecule has 2 rings (SSSR count). The molecule has 4 atom stereocenters. The van der Waals surface area contributed by atoms with E-state index in [1.165, 1.54) is 6.42 Å². The van der Waals surface area contributed by atoms with Crippen molar-refractivity contribution in [2.45, 2.75) is 70.8 Å². The van der Waals surface area contributed by atoms with E-state index in [0.29, 0.717) is 44.4 Å². The zero-order chi connectivity index (χ0) is 19.8. The average Bonchev–Trinajstić information content (AvgIpc) is 3.06. The zero-order valence-corrected chi connectivity index (χ0v) is 16.2. The molecule has 0 aromatic rings. The van der Waals surface area contributed by atoms with E-state index in [0.717, 1.165) is 25.7 Å². The van der Waals surface area contributed by atoms with Crippen LogP contribution in [0.4, 0.5) is 0 Å². The third kappa shape index (κ3) is 6.04. The summed E-state index contributed by atoms with van der Waals surface area (Å²) in [7, 11) is 0. The molecule has 27 heavy (non-hydrogen) atoms. The number of aldehydes is 1. The first-order chi connectivity index (χ1) is 13.0. The van der Waals surface area contributed by atoms with E-state index in [2.05, 4.69) is 10.6 Å². The summed E-state index contributed by atoms with van der Waals surface area (Å²) < 4.78 is 0. The molecule has 0 radical (unpaired) electrons. The largest absolute Gasteiger partial charge is 0.369 e. The maximum atomic E-state index is 13.0. The van der Waals surface area contributed by atoms with Crippen LogP contribution in [-0.2, 0) is 19.2 Å². The van der Waals surface area contributed by atoms with E-state index in [4.69, 9.17) is 5.73 Å². The lowest BCUT2D eigenvalue weighted by Crippen LogP contribution is -2.46. The molecule has 0 spiro atoms. The van der Waals surface area contributed by atoms with Crippen LogP contribution in [0.3, 0.4) is 0 Å². The van der Waals surface area contributed by atoms with Gasteiger partial charge in [-0.05, 0) is 31.6 Å². The quantitative estimate of drug-likeness (QED) is 0.496. The number of nitrogens with one attached hydrogen (secondary N) is 2. The normalized spacial score (nSPS) is 23.9. The van der Waals surface area contributed by atoms with E-state index in [9.17, 15) is 19.2 Å². The van der Waals surface area contributed by atoms with Crippen LogP contribution < -0.4 is 16.4 Å². The lowest BCUT2D eigenvalue weighted by Gasteiger charge is -2.30. The minimum atomic E-state index is -0.717. The number of primary amides is 1. The predicted octanol–water partition coefficient (Wildman–Crippen LogP) is 1.29. The Kier molecular flexibility index (Phi) is 8.25. The summed E-state index contributed by atoms with van der Waals surface area (Å²) in [6.45, 7) is 2.46. The fourth-order valence-electron chi connectivity index (χ4n) is 4.53. The van der Waals surface area contributed by atoms with Crippen molar-refractivity contribution in [1.29, 1.82) is 0 Å². The van der Waals surface area contributed by atoms with Crippen LogP contribution in [0.15, 0.2) is 0 Å². The molecule has 152 valence electrons. The van der Waals surface area contributed by atoms with Crippen LogP contribution in [0, 0.1) is 23.7 Å². The van der Waals surface area contributed by atoms with Gasteiger partial charge in [0.1, 0.15) is 6.29 Å². The Morgan fingerprint density at radius 1 is 1.19 bits per heavy atom. The van der Waals surface area contributed by atoms with Gasteiger partial charge in [0.05, 0.1) is 6.04 Å². The van der Waals surface area contributed by atoms with Crippen molar-refractivity contribution in [2.75, 3.05) is 6.54 Å². The van der Waals surface area contributed by atoms with E-state index < -0.39 is 23.8 Å². The summed E-state index contributed by atoms with van der Waals surface area (Å²) in [5, 5.41) is 5.52. The van der Waals surface area contributed by atoms with Crippen LogP contribution in [0.25, 0.3) is 0 Å². The second-order valence-corrected chi connectivity index (χ2v) is 8.03. The van der Waals surface area contributed by atoms with Gasteiger partial charge in [0, 0.05) is 24.3 Å². The van der Waals surface area contributed by atoms with Crippen molar-refractivity contribution in [3.63, 3.8) is 0 Å². The summed E-state index contributed by atoms with van der Waals surface area (Å²) in [5.74, 6) is -1.72. The standard InChI is InChI=1S/C20H33N3O4/c1-2-16(18(21)25)17(10-13-6-4-3-5-7-13)20(27)23-15(12-24)11-14-8-9-22-19(14)26/h12-17H,2-11H2,1H3,(H2,21,25)(H,22,26)(H,23,27)/t14-,15-,16?,17-/m0/s1. The van der Waals surface area contributed by atoms with Gasteiger partial charge in [-0.2, -0.15) is 0 Å². The molecule has 1 heterocycles. The fraction of sp³-hybridized carbons (Fsp3) is 0.800. The lowest BCUT2D eigenvalue weighted by atomic mass is 9.77. The Balaban J connectivity index is 2.04. The number of rotatable bonds is 10. The highest BCUT2D eigenvalue weighted by Gasteiger charge is 2.35. The fourth-order valence-corrected chi connectivity index (χ4v) is 4.53. The van der Waals surface area contributed by atoms with Crippen LogP contribution in [0.2, 0.25) is 0 Å². The van der Waals surface area contributed by atoms with E-state index in [-0.39, 0.29) is 17.7 Å². The Hall–Kier alpha value is -1.92. The number of hydrogen-bond donors (Lipinski definition) is 3. The van der Waals surface area contributed by atoms with Gasteiger partial charge in [-0.25, -0.2) is 0 Å². The van der Waals surface area contributed by atoms with Crippen LogP contribution in [0.5, 0.6) is 0 Å². The molecule has 7 nitrogen and oxygen atoms in total. The molecule has 1 saturated heterocycles. The molecule has 4 N–H and O–H groups in total. The molecule has 1 aliphatic heterocycles. The number of carbonyl (C=O) groups is 4. The second kappa shape index (κ2) is 10.4. The van der Waals surface area contributed by atoms with Gasteiger partial charge in [-0.15, -0.1) is 0 Å².